The number of hydrogen-bond donors (Lipinski definition) is 1. The van der Waals surface area contributed by atoms with Gasteiger partial charge < -0.3 is 10.5 Å². The van der Waals surface area contributed by atoms with Gasteiger partial charge in [-0.15, -0.1) is 0 Å². The highest BCUT2D eigenvalue weighted by molar-refractivity contribution is 5.36. The summed E-state index contributed by atoms with van der Waals surface area (Å²) in [6.45, 7) is 5.20. The molecule has 3 nitrogen and oxygen atoms in total. The Labute approximate surface area is 104 Å². The summed E-state index contributed by atoms with van der Waals surface area (Å²) in [5.41, 5.74) is 8.55. The summed E-state index contributed by atoms with van der Waals surface area (Å²) in [7, 11) is 1.73. The molecule has 2 rings (SSSR count). The summed E-state index contributed by atoms with van der Waals surface area (Å²) in [4.78, 5) is 2.42. The van der Waals surface area contributed by atoms with E-state index in [1.807, 2.05) is 0 Å². The van der Waals surface area contributed by atoms with E-state index in [1.54, 1.807) is 7.11 Å². The first-order chi connectivity index (χ1) is 8.19. The molecule has 1 heterocycles. The van der Waals surface area contributed by atoms with Gasteiger partial charge in [-0.2, -0.15) is 0 Å². The van der Waals surface area contributed by atoms with Gasteiger partial charge >= 0.3 is 0 Å². The van der Waals surface area contributed by atoms with E-state index in [2.05, 4.69) is 30.0 Å². The van der Waals surface area contributed by atoms with Crippen LogP contribution in [0.3, 0.4) is 0 Å². The lowest BCUT2D eigenvalue weighted by molar-refractivity contribution is 0.199. The molecular weight excluding hydrogens is 212 g/mol. The van der Waals surface area contributed by atoms with Gasteiger partial charge in [0, 0.05) is 24.7 Å². The maximum atomic E-state index is 6.01. The summed E-state index contributed by atoms with van der Waals surface area (Å²) < 4.78 is 5.41. The van der Waals surface area contributed by atoms with Gasteiger partial charge in [0.15, 0.2) is 0 Å². The van der Waals surface area contributed by atoms with Crippen molar-refractivity contribution in [3.8, 4) is 5.75 Å². The fourth-order valence-corrected chi connectivity index (χ4v) is 2.51. The number of rotatable bonds is 3. The molecule has 0 spiro atoms. The largest absolute Gasteiger partial charge is 0.496 e. The molecule has 1 saturated heterocycles. The Morgan fingerprint density at radius 3 is 3.00 bits per heavy atom. The molecule has 0 aliphatic carbocycles. The summed E-state index contributed by atoms with van der Waals surface area (Å²) in [6.07, 6.45) is 2.36. The number of aryl methyl sites for hydroxylation is 1. The number of nitrogens with zero attached hydrogens (tertiary/aromatic N) is 1. The number of methoxy groups -OCH3 is 1. The highest BCUT2D eigenvalue weighted by atomic mass is 16.5. The fraction of sp³-hybridized carbons (Fsp3) is 0.571. The third-order valence-electron chi connectivity index (χ3n) is 3.37. The Balaban J connectivity index is 2.08. The molecule has 1 atom stereocenters. The van der Waals surface area contributed by atoms with Crippen LogP contribution in [0.1, 0.15) is 24.0 Å². The molecule has 1 aliphatic rings. The lowest BCUT2D eigenvalue weighted by Crippen LogP contribution is -2.42. The maximum absolute atomic E-state index is 6.01. The molecular formula is C14H22N2O. The van der Waals surface area contributed by atoms with Crippen molar-refractivity contribution >= 4 is 0 Å². The van der Waals surface area contributed by atoms with Crippen LogP contribution in [0.25, 0.3) is 0 Å². The van der Waals surface area contributed by atoms with Gasteiger partial charge in [-0.3, -0.25) is 4.90 Å². The smallest absolute Gasteiger partial charge is 0.123 e. The quantitative estimate of drug-likeness (QED) is 0.868. The second-order valence-electron chi connectivity index (χ2n) is 4.95. The molecule has 3 heteroatoms. The first-order valence-electron chi connectivity index (χ1n) is 6.30. The van der Waals surface area contributed by atoms with Crippen molar-refractivity contribution in [2.45, 2.75) is 32.4 Å². The number of nitrogens with two attached hydrogens (primary N) is 1. The minimum Gasteiger partial charge on any atom is -0.496 e. The molecule has 1 aromatic rings. The van der Waals surface area contributed by atoms with E-state index < -0.39 is 0 Å². The van der Waals surface area contributed by atoms with Crippen LogP contribution in [0.2, 0.25) is 0 Å². The highest BCUT2D eigenvalue weighted by Crippen LogP contribution is 2.22. The first kappa shape index (κ1) is 12.4. The lowest BCUT2D eigenvalue weighted by Gasteiger charge is -2.31. The van der Waals surface area contributed by atoms with Crippen LogP contribution < -0.4 is 10.5 Å². The van der Waals surface area contributed by atoms with Gasteiger partial charge in [0.05, 0.1) is 7.11 Å². The first-order valence-corrected chi connectivity index (χ1v) is 6.30. The zero-order valence-corrected chi connectivity index (χ0v) is 10.8. The third-order valence-corrected chi connectivity index (χ3v) is 3.37. The summed E-state index contributed by atoms with van der Waals surface area (Å²) in [5.74, 6) is 0.981. The Morgan fingerprint density at radius 2 is 2.29 bits per heavy atom. The van der Waals surface area contributed by atoms with Crippen LogP contribution in [0.4, 0.5) is 0 Å². The topological polar surface area (TPSA) is 38.5 Å². The number of hydrogen-bond acceptors (Lipinski definition) is 3. The van der Waals surface area contributed by atoms with Crippen molar-refractivity contribution in [3.63, 3.8) is 0 Å². The molecule has 0 bridgehead atoms. The van der Waals surface area contributed by atoms with Gasteiger partial charge in [0.1, 0.15) is 5.75 Å². The minimum absolute atomic E-state index is 0.333. The van der Waals surface area contributed by atoms with E-state index in [1.165, 1.54) is 17.5 Å². The summed E-state index contributed by atoms with van der Waals surface area (Å²) in [6, 6.07) is 6.68. The van der Waals surface area contributed by atoms with Crippen molar-refractivity contribution in [1.82, 2.24) is 4.90 Å². The zero-order valence-electron chi connectivity index (χ0n) is 10.8. The van der Waals surface area contributed by atoms with Gasteiger partial charge in [0.2, 0.25) is 0 Å². The highest BCUT2D eigenvalue weighted by Gasteiger charge is 2.17. The molecule has 94 valence electrons. The van der Waals surface area contributed by atoms with Gasteiger partial charge in [-0.25, -0.2) is 0 Å². The molecule has 0 radical (unpaired) electrons. The number of piperidine rings is 1. The van der Waals surface area contributed by atoms with Crippen LogP contribution in [-0.2, 0) is 6.54 Å². The average Bonchev–Trinajstić information content (AvgIpc) is 2.29. The van der Waals surface area contributed by atoms with Crippen molar-refractivity contribution in [2.75, 3.05) is 20.2 Å². The predicted molar refractivity (Wildman–Crippen MR) is 70.2 cm³/mol. The van der Waals surface area contributed by atoms with Gasteiger partial charge in [-0.1, -0.05) is 17.7 Å². The Morgan fingerprint density at radius 1 is 1.47 bits per heavy atom. The van der Waals surface area contributed by atoms with Crippen LogP contribution in [0.15, 0.2) is 18.2 Å². The molecule has 1 unspecified atom stereocenters. The number of ether oxygens (including phenoxy) is 1. The van der Waals surface area contributed by atoms with Gasteiger partial charge in [-0.05, 0) is 32.4 Å². The Hall–Kier alpha value is -1.06. The molecule has 17 heavy (non-hydrogen) atoms. The maximum Gasteiger partial charge on any atom is 0.123 e. The Bertz CT molecular complexity index is 378. The van der Waals surface area contributed by atoms with E-state index in [0.717, 1.165) is 31.8 Å². The second-order valence-corrected chi connectivity index (χ2v) is 4.95. The van der Waals surface area contributed by atoms with Crippen molar-refractivity contribution in [1.29, 1.82) is 0 Å². The standard InChI is InChI=1S/C14H22N2O/c1-11-5-6-14(17-2)12(8-11)9-16-7-3-4-13(15)10-16/h5-6,8,13H,3-4,7,9-10,15H2,1-2H3. The van der Waals surface area contributed by atoms with E-state index in [9.17, 15) is 0 Å². The molecule has 1 fully saturated rings. The normalized spacial score (nSPS) is 21.5. The molecule has 2 N–H and O–H groups in total. The van der Waals surface area contributed by atoms with Crippen LogP contribution in [0, 0.1) is 6.92 Å². The lowest BCUT2D eigenvalue weighted by atomic mass is 10.0. The van der Waals surface area contributed by atoms with Gasteiger partial charge in [0.25, 0.3) is 0 Å². The molecule has 0 saturated carbocycles. The average molecular weight is 234 g/mol. The van der Waals surface area contributed by atoms with E-state index in [4.69, 9.17) is 10.5 Å². The summed E-state index contributed by atoms with van der Waals surface area (Å²) >= 11 is 0. The van der Waals surface area contributed by atoms with Crippen molar-refractivity contribution < 1.29 is 4.74 Å². The van der Waals surface area contributed by atoms with E-state index in [0.29, 0.717) is 6.04 Å². The zero-order chi connectivity index (χ0) is 12.3. The Kier molecular flexibility index (Phi) is 4.02. The van der Waals surface area contributed by atoms with Crippen LogP contribution in [-0.4, -0.2) is 31.1 Å². The van der Waals surface area contributed by atoms with E-state index >= 15 is 0 Å². The van der Waals surface area contributed by atoms with Crippen LogP contribution in [0.5, 0.6) is 5.75 Å². The van der Waals surface area contributed by atoms with Crippen LogP contribution >= 0.6 is 0 Å². The predicted octanol–water partition coefficient (Wildman–Crippen LogP) is 1.93. The second kappa shape index (κ2) is 5.52. The fourth-order valence-electron chi connectivity index (χ4n) is 2.51. The molecule has 0 aromatic heterocycles. The number of benzene rings is 1. The molecule has 1 aromatic carbocycles. The number of likely N-dealkylation sites (tertiary alicyclic amines) is 1. The third kappa shape index (κ3) is 3.20. The van der Waals surface area contributed by atoms with Crippen molar-refractivity contribution in [3.05, 3.63) is 29.3 Å². The SMILES string of the molecule is COc1ccc(C)cc1CN1CCCC(N)C1. The summed E-state index contributed by atoms with van der Waals surface area (Å²) in [5, 5.41) is 0. The minimum atomic E-state index is 0.333. The molecule has 0 amide bonds. The molecule has 1 aliphatic heterocycles. The van der Waals surface area contributed by atoms with E-state index in [-0.39, 0.29) is 0 Å². The van der Waals surface area contributed by atoms with Crippen molar-refractivity contribution in [2.24, 2.45) is 5.73 Å². The monoisotopic (exact) mass is 234 g/mol.